The van der Waals surface area contributed by atoms with Crippen LogP contribution in [0.5, 0.6) is 0 Å². The molecule has 0 fully saturated rings. The van der Waals surface area contributed by atoms with Crippen molar-refractivity contribution in [2.75, 3.05) is 5.32 Å². The normalized spacial score (nSPS) is 10.2. The molecular weight excluding hydrogens is 257 g/mol. The number of rotatable bonds is 3. The first-order chi connectivity index (χ1) is 8.97. The van der Waals surface area contributed by atoms with Crippen molar-refractivity contribution in [1.82, 2.24) is 5.16 Å². The molecule has 8 heteroatoms. The summed E-state index contributed by atoms with van der Waals surface area (Å²) in [6.07, 6.45) is 0. The third-order valence-corrected chi connectivity index (χ3v) is 2.28. The molecule has 1 aromatic carbocycles. The Hall–Kier alpha value is -2.77. The Morgan fingerprint density at radius 3 is 2.74 bits per heavy atom. The predicted molar refractivity (Wildman–Crippen MR) is 62.2 cm³/mol. The van der Waals surface area contributed by atoms with Crippen molar-refractivity contribution in [3.8, 4) is 0 Å². The van der Waals surface area contributed by atoms with Crippen LogP contribution in [-0.2, 0) is 0 Å². The van der Waals surface area contributed by atoms with Crippen molar-refractivity contribution in [1.29, 1.82) is 0 Å². The van der Waals surface area contributed by atoms with E-state index in [4.69, 9.17) is 4.52 Å². The van der Waals surface area contributed by atoms with E-state index < -0.39 is 22.3 Å². The lowest BCUT2D eigenvalue weighted by molar-refractivity contribution is -0.387. The Bertz CT molecular complexity index is 653. The Balaban J connectivity index is 2.20. The van der Waals surface area contributed by atoms with E-state index in [2.05, 4.69) is 10.5 Å². The average molecular weight is 265 g/mol. The van der Waals surface area contributed by atoms with Crippen LogP contribution in [0.4, 0.5) is 15.9 Å². The van der Waals surface area contributed by atoms with E-state index in [-0.39, 0.29) is 11.4 Å². The number of nitro groups is 1. The molecule has 0 aliphatic rings. The van der Waals surface area contributed by atoms with Gasteiger partial charge in [0.25, 0.3) is 5.91 Å². The molecule has 0 unspecified atom stereocenters. The van der Waals surface area contributed by atoms with Gasteiger partial charge in [-0.15, -0.1) is 0 Å². The summed E-state index contributed by atoms with van der Waals surface area (Å²) in [5.41, 5.74) is -0.738. The summed E-state index contributed by atoms with van der Waals surface area (Å²) >= 11 is 0. The lowest BCUT2D eigenvalue weighted by Crippen LogP contribution is -2.12. The molecule has 0 radical (unpaired) electrons. The van der Waals surface area contributed by atoms with Crippen molar-refractivity contribution in [3.63, 3.8) is 0 Å². The molecule has 19 heavy (non-hydrogen) atoms. The largest absolute Gasteiger partial charge is 0.360 e. The summed E-state index contributed by atoms with van der Waals surface area (Å²) in [4.78, 5) is 21.3. The molecule has 1 N–H and O–H groups in total. The van der Waals surface area contributed by atoms with E-state index in [1.807, 2.05) is 0 Å². The number of carbonyl (C=O) groups is 1. The Morgan fingerprint density at radius 1 is 1.47 bits per heavy atom. The van der Waals surface area contributed by atoms with Crippen LogP contribution < -0.4 is 5.32 Å². The number of nitrogens with zero attached hydrogens (tertiary/aromatic N) is 2. The first-order valence-corrected chi connectivity index (χ1v) is 5.16. The first kappa shape index (κ1) is 12.7. The topological polar surface area (TPSA) is 98.3 Å². The number of nitro benzene ring substituents is 1. The number of amides is 1. The number of aryl methyl sites for hydroxylation is 1. The van der Waals surface area contributed by atoms with E-state index in [9.17, 15) is 19.3 Å². The maximum atomic E-state index is 13.3. The molecule has 0 aliphatic carbocycles. The van der Waals surface area contributed by atoms with Crippen LogP contribution in [0.2, 0.25) is 0 Å². The molecule has 0 aliphatic heterocycles. The summed E-state index contributed by atoms with van der Waals surface area (Å²) < 4.78 is 18.1. The fourth-order valence-electron chi connectivity index (χ4n) is 1.41. The van der Waals surface area contributed by atoms with Crippen LogP contribution in [-0.4, -0.2) is 16.0 Å². The molecule has 0 saturated heterocycles. The zero-order chi connectivity index (χ0) is 14.0. The highest BCUT2D eigenvalue weighted by Crippen LogP contribution is 2.18. The molecule has 98 valence electrons. The number of aromatic nitrogens is 1. The number of anilines is 1. The van der Waals surface area contributed by atoms with Gasteiger partial charge in [-0.25, -0.2) is 0 Å². The molecule has 0 atom stereocenters. The van der Waals surface area contributed by atoms with Crippen molar-refractivity contribution in [3.05, 3.63) is 51.5 Å². The average Bonchev–Trinajstić information content (AvgIpc) is 2.74. The van der Waals surface area contributed by atoms with Crippen molar-refractivity contribution < 1.29 is 18.6 Å². The quantitative estimate of drug-likeness (QED) is 0.678. The van der Waals surface area contributed by atoms with E-state index in [1.54, 1.807) is 6.92 Å². The van der Waals surface area contributed by atoms with Gasteiger partial charge in [-0.1, -0.05) is 5.16 Å². The van der Waals surface area contributed by atoms with Crippen molar-refractivity contribution >= 4 is 17.4 Å². The highest BCUT2D eigenvalue weighted by molar-refractivity contribution is 6.03. The monoisotopic (exact) mass is 265 g/mol. The van der Waals surface area contributed by atoms with Crippen molar-refractivity contribution in [2.24, 2.45) is 0 Å². The molecule has 0 saturated carbocycles. The van der Waals surface area contributed by atoms with Gasteiger partial charge in [0, 0.05) is 17.7 Å². The minimum Gasteiger partial charge on any atom is -0.360 e. The molecule has 1 amide bonds. The molecule has 0 spiro atoms. The van der Waals surface area contributed by atoms with E-state index >= 15 is 0 Å². The Labute approximate surface area is 106 Å². The molecule has 1 heterocycles. The second kappa shape index (κ2) is 4.84. The fourth-order valence-corrected chi connectivity index (χ4v) is 1.41. The zero-order valence-corrected chi connectivity index (χ0v) is 9.71. The molecule has 2 rings (SSSR count). The lowest BCUT2D eigenvalue weighted by Gasteiger charge is -2.01. The highest BCUT2D eigenvalue weighted by atomic mass is 19.1. The van der Waals surface area contributed by atoms with Crippen LogP contribution in [0.3, 0.4) is 0 Å². The standard InChI is InChI=1S/C11H8FN3O4/c1-6-4-10(14-19-6)13-11(16)7-2-3-9(15(17)18)8(12)5-7/h2-5H,1H3,(H,13,14,16). The highest BCUT2D eigenvalue weighted by Gasteiger charge is 2.17. The number of nitrogens with one attached hydrogen (secondary N) is 1. The number of carbonyl (C=O) groups excluding carboxylic acids is 1. The van der Waals surface area contributed by atoms with Crippen LogP contribution >= 0.6 is 0 Å². The van der Waals surface area contributed by atoms with Gasteiger partial charge in [0.15, 0.2) is 5.82 Å². The maximum Gasteiger partial charge on any atom is 0.304 e. The van der Waals surface area contributed by atoms with Crippen molar-refractivity contribution in [2.45, 2.75) is 6.92 Å². The minimum absolute atomic E-state index is 0.0521. The van der Waals surface area contributed by atoms with E-state index in [0.29, 0.717) is 5.76 Å². The Kier molecular flexibility index (Phi) is 3.23. The summed E-state index contributed by atoms with van der Waals surface area (Å²) in [5.74, 6) is -1.03. The van der Waals surface area contributed by atoms with Crippen LogP contribution in [0, 0.1) is 22.9 Å². The predicted octanol–water partition coefficient (Wildman–Crippen LogP) is 2.28. The number of halogens is 1. The SMILES string of the molecule is Cc1cc(NC(=O)c2ccc([N+](=O)[O-])c(F)c2)no1. The van der Waals surface area contributed by atoms with Crippen LogP contribution in [0.25, 0.3) is 0 Å². The van der Waals surface area contributed by atoms with Gasteiger partial charge < -0.3 is 9.84 Å². The summed E-state index contributed by atoms with van der Waals surface area (Å²) in [7, 11) is 0. The first-order valence-electron chi connectivity index (χ1n) is 5.16. The fraction of sp³-hybridized carbons (Fsp3) is 0.0909. The Morgan fingerprint density at radius 2 is 2.21 bits per heavy atom. The smallest absolute Gasteiger partial charge is 0.304 e. The second-order valence-corrected chi connectivity index (χ2v) is 3.70. The third kappa shape index (κ3) is 2.73. The molecular formula is C11H8FN3O4. The maximum absolute atomic E-state index is 13.3. The molecule has 0 bridgehead atoms. The van der Waals surface area contributed by atoms with Gasteiger partial charge in [0.2, 0.25) is 5.82 Å². The minimum atomic E-state index is -1.08. The third-order valence-electron chi connectivity index (χ3n) is 2.28. The van der Waals surface area contributed by atoms with Gasteiger partial charge in [-0.2, -0.15) is 4.39 Å². The van der Waals surface area contributed by atoms with Gasteiger partial charge >= 0.3 is 5.69 Å². The van der Waals surface area contributed by atoms with Gasteiger partial charge in [-0.3, -0.25) is 14.9 Å². The molecule has 2 aromatic rings. The number of hydrogen-bond donors (Lipinski definition) is 1. The van der Waals surface area contributed by atoms with Gasteiger partial charge in [-0.05, 0) is 19.1 Å². The summed E-state index contributed by atoms with van der Waals surface area (Å²) in [5, 5.41) is 16.4. The summed E-state index contributed by atoms with van der Waals surface area (Å²) in [6.45, 7) is 1.65. The van der Waals surface area contributed by atoms with E-state index in [0.717, 1.165) is 18.2 Å². The van der Waals surface area contributed by atoms with Crippen LogP contribution in [0.1, 0.15) is 16.1 Å². The lowest BCUT2D eigenvalue weighted by atomic mass is 10.2. The van der Waals surface area contributed by atoms with Gasteiger partial charge in [0.05, 0.1) is 4.92 Å². The molecule has 1 aromatic heterocycles. The summed E-state index contributed by atoms with van der Waals surface area (Å²) in [6, 6.07) is 4.36. The molecule has 7 nitrogen and oxygen atoms in total. The second-order valence-electron chi connectivity index (χ2n) is 3.70. The van der Waals surface area contributed by atoms with Crippen LogP contribution in [0.15, 0.2) is 28.8 Å². The van der Waals surface area contributed by atoms with Gasteiger partial charge in [0.1, 0.15) is 5.76 Å². The number of hydrogen-bond acceptors (Lipinski definition) is 5. The zero-order valence-electron chi connectivity index (χ0n) is 9.71. The number of benzene rings is 1. The van der Waals surface area contributed by atoms with E-state index in [1.165, 1.54) is 6.07 Å².